The Morgan fingerprint density at radius 2 is 1.56 bits per heavy atom. The smallest absolute Gasteiger partial charge is 0.335 e. The molecule has 0 amide bonds. The first-order valence-electron chi connectivity index (χ1n) is 4.06. The van der Waals surface area contributed by atoms with Crippen LogP contribution in [0.5, 0.6) is 0 Å². The van der Waals surface area contributed by atoms with Crippen LogP contribution in [-0.4, -0.2) is 22.2 Å². The lowest BCUT2D eigenvalue weighted by Crippen LogP contribution is -2.03. The van der Waals surface area contributed by atoms with Crippen molar-refractivity contribution in [2.24, 2.45) is 0 Å². The van der Waals surface area contributed by atoms with Crippen LogP contribution in [0, 0.1) is 23.2 Å². The number of carboxylic acids is 2. The van der Waals surface area contributed by atoms with Crippen molar-refractivity contribution in [3.8, 4) is 17.9 Å². The zero-order valence-corrected chi connectivity index (χ0v) is 7.89. The van der Waals surface area contributed by atoms with E-state index in [1.807, 2.05) is 0 Å². The summed E-state index contributed by atoms with van der Waals surface area (Å²) in [5.41, 5.74) is -0.178. The van der Waals surface area contributed by atoms with Crippen molar-refractivity contribution in [1.29, 1.82) is 5.26 Å². The van der Waals surface area contributed by atoms with Crippen LogP contribution in [0.25, 0.3) is 0 Å². The van der Waals surface area contributed by atoms with E-state index in [2.05, 4.69) is 11.8 Å². The molecule has 5 nitrogen and oxygen atoms in total. The molecule has 16 heavy (non-hydrogen) atoms. The molecule has 0 saturated heterocycles. The fraction of sp³-hybridized carbons (Fsp3) is 0. The average molecular weight is 215 g/mol. The number of hydrogen-bond acceptors (Lipinski definition) is 3. The third-order valence-corrected chi connectivity index (χ3v) is 1.69. The zero-order valence-electron chi connectivity index (χ0n) is 7.89. The SMILES string of the molecule is N#CC#Cc1cc(C(=O)O)cc(C(=O)O)c1. The van der Waals surface area contributed by atoms with Crippen molar-refractivity contribution in [3.05, 3.63) is 34.9 Å². The van der Waals surface area contributed by atoms with Crippen LogP contribution in [0.15, 0.2) is 18.2 Å². The zero-order chi connectivity index (χ0) is 12.1. The Morgan fingerprint density at radius 1 is 1.06 bits per heavy atom. The molecular formula is C11H5NO4. The van der Waals surface area contributed by atoms with Crippen molar-refractivity contribution in [3.63, 3.8) is 0 Å². The monoisotopic (exact) mass is 215 g/mol. The van der Waals surface area contributed by atoms with Crippen LogP contribution in [0.1, 0.15) is 26.3 Å². The van der Waals surface area contributed by atoms with E-state index in [1.165, 1.54) is 12.1 Å². The maximum atomic E-state index is 10.7. The number of nitriles is 1. The standard InChI is InChI=1S/C11H5NO4/c12-3-1-2-7-4-8(10(13)14)6-9(5-7)11(15)16/h4-6H,(H,13,14)(H,15,16). The van der Waals surface area contributed by atoms with Crippen molar-refractivity contribution in [2.45, 2.75) is 0 Å². The minimum atomic E-state index is -1.25. The largest absolute Gasteiger partial charge is 0.478 e. The van der Waals surface area contributed by atoms with Crippen LogP contribution in [0.4, 0.5) is 0 Å². The van der Waals surface area contributed by atoms with E-state index in [9.17, 15) is 9.59 Å². The molecule has 0 aliphatic rings. The average Bonchev–Trinajstić information content (AvgIpc) is 2.25. The second-order valence-corrected chi connectivity index (χ2v) is 2.77. The lowest BCUT2D eigenvalue weighted by Gasteiger charge is -1.99. The van der Waals surface area contributed by atoms with Gasteiger partial charge in [-0.25, -0.2) is 9.59 Å². The van der Waals surface area contributed by atoms with Gasteiger partial charge in [0.25, 0.3) is 0 Å². The molecule has 0 bridgehead atoms. The first kappa shape index (κ1) is 11.3. The van der Waals surface area contributed by atoms with Crippen LogP contribution in [0.3, 0.4) is 0 Å². The number of hydrogen-bond donors (Lipinski definition) is 2. The summed E-state index contributed by atoms with van der Waals surface area (Å²) < 4.78 is 0. The minimum absolute atomic E-state index is 0.179. The van der Waals surface area contributed by atoms with E-state index in [-0.39, 0.29) is 16.7 Å². The molecule has 0 spiro atoms. The molecule has 0 atom stereocenters. The van der Waals surface area contributed by atoms with E-state index in [0.29, 0.717) is 0 Å². The second-order valence-electron chi connectivity index (χ2n) is 2.77. The molecule has 0 aliphatic carbocycles. The Balaban J connectivity index is 3.36. The molecule has 5 heteroatoms. The number of carboxylic acid groups (broad SMARTS) is 2. The van der Waals surface area contributed by atoms with Gasteiger partial charge >= 0.3 is 11.9 Å². The molecule has 1 aromatic carbocycles. The van der Waals surface area contributed by atoms with Crippen molar-refractivity contribution in [1.82, 2.24) is 0 Å². The first-order valence-corrected chi connectivity index (χ1v) is 4.06. The Morgan fingerprint density at radius 3 is 1.94 bits per heavy atom. The number of carbonyl (C=O) groups is 2. The molecule has 0 radical (unpaired) electrons. The summed E-state index contributed by atoms with van der Waals surface area (Å²) in [5, 5.41) is 25.7. The predicted octanol–water partition coefficient (Wildman–Crippen LogP) is 0.958. The summed E-state index contributed by atoms with van der Waals surface area (Å²) in [6.07, 6.45) is 0. The van der Waals surface area contributed by atoms with Gasteiger partial charge in [0.1, 0.15) is 0 Å². The van der Waals surface area contributed by atoms with Crippen molar-refractivity contribution < 1.29 is 19.8 Å². The topological polar surface area (TPSA) is 98.4 Å². The highest BCUT2D eigenvalue weighted by Crippen LogP contribution is 2.10. The van der Waals surface area contributed by atoms with Gasteiger partial charge in [0, 0.05) is 11.5 Å². The van der Waals surface area contributed by atoms with Crippen LogP contribution in [-0.2, 0) is 0 Å². The Hall–Kier alpha value is -2.79. The van der Waals surface area contributed by atoms with E-state index in [4.69, 9.17) is 15.5 Å². The van der Waals surface area contributed by atoms with E-state index in [1.54, 1.807) is 6.07 Å². The molecule has 0 heterocycles. The predicted molar refractivity (Wildman–Crippen MR) is 52.9 cm³/mol. The third-order valence-electron chi connectivity index (χ3n) is 1.69. The van der Waals surface area contributed by atoms with Crippen LogP contribution >= 0.6 is 0 Å². The summed E-state index contributed by atoms with van der Waals surface area (Å²) in [4.78, 5) is 21.4. The lowest BCUT2D eigenvalue weighted by molar-refractivity contribution is 0.0696. The van der Waals surface area contributed by atoms with Gasteiger partial charge in [-0.2, -0.15) is 5.26 Å². The second kappa shape index (κ2) is 4.63. The summed E-state index contributed by atoms with van der Waals surface area (Å²) in [6, 6.07) is 5.00. The van der Waals surface area contributed by atoms with Gasteiger partial charge < -0.3 is 10.2 Å². The molecule has 0 saturated carbocycles. The van der Waals surface area contributed by atoms with Crippen molar-refractivity contribution >= 4 is 11.9 Å². The fourth-order valence-corrected chi connectivity index (χ4v) is 1.05. The molecule has 0 fully saturated rings. The van der Waals surface area contributed by atoms with E-state index < -0.39 is 11.9 Å². The number of rotatable bonds is 2. The molecular weight excluding hydrogens is 210 g/mol. The minimum Gasteiger partial charge on any atom is -0.478 e. The maximum absolute atomic E-state index is 10.7. The summed E-state index contributed by atoms with van der Waals surface area (Å²) in [7, 11) is 0. The van der Waals surface area contributed by atoms with Gasteiger partial charge in [-0.15, -0.1) is 0 Å². The Bertz CT molecular complexity index is 525. The van der Waals surface area contributed by atoms with Gasteiger partial charge in [0.2, 0.25) is 0 Å². The van der Waals surface area contributed by atoms with Crippen LogP contribution < -0.4 is 0 Å². The van der Waals surface area contributed by atoms with Gasteiger partial charge in [-0.3, -0.25) is 0 Å². The van der Waals surface area contributed by atoms with Gasteiger partial charge in [-0.1, -0.05) is 5.92 Å². The van der Waals surface area contributed by atoms with Gasteiger partial charge in [0.05, 0.1) is 11.1 Å². The third kappa shape index (κ3) is 2.60. The van der Waals surface area contributed by atoms with Gasteiger partial charge in [-0.05, 0) is 18.2 Å². The Kier molecular flexibility index (Phi) is 3.26. The maximum Gasteiger partial charge on any atom is 0.335 e. The molecule has 0 aromatic heterocycles. The number of aromatic carboxylic acids is 2. The normalized spacial score (nSPS) is 8.44. The number of nitrogens with zero attached hydrogens (tertiary/aromatic N) is 1. The van der Waals surface area contributed by atoms with Crippen molar-refractivity contribution in [2.75, 3.05) is 0 Å². The molecule has 1 rings (SSSR count). The summed E-state index contributed by atoms with van der Waals surface area (Å²) >= 11 is 0. The highest BCUT2D eigenvalue weighted by Gasteiger charge is 2.10. The van der Waals surface area contributed by atoms with E-state index in [0.717, 1.165) is 6.07 Å². The van der Waals surface area contributed by atoms with Gasteiger partial charge in [0.15, 0.2) is 6.07 Å². The highest BCUT2D eigenvalue weighted by atomic mass is 16.4. The van der Waals surface area contributed by atoms with Crippen LogP contribution in [0.2, 0.25) is 0 Å². The molecule has 0 unspecified atom stereocenters. The summed E-state index contributed by atoms with van der Waals surface area (Å²) in [5.74, 6) is 1.92. The Labute approximate surface area is 90.6 Å². The fourth-order valence-electron chi connectivity index (χ4n) is 1.05. The molecule has 78 valence electrons. The summed E-state index contributed by atoms with van der Waals surface area (Å²) in [6.45, 7) is 0. The van der Waals surface area contributed by atoms with E-state index >= 15 is 0 Å². The number of benzene rings is 1. The quantitative estimate of drug-likeness (QED) is 0.716. The lowest BCUT2D eigenvalue weighted by atomic mass is 10.1. The molecule has 2 N–H and O–H groups in total. The highest BCUT2D eigenvalue weighted by molar-refractivity contribution is 5.94. The molecule has 1 aromatic rings. The molecule has 0 aliphatic heterocycles. The first-order chi connectivity index (χ1) is 7.54.